The first-order valence-electron chi connectivity index (χ1n) is 4.79. The Morgan fingerprint density at radius 3 is 2.33 bits per heavy atom. The number of aliphatic hydroxyl groups is 1. The Morgan fingerprint density at radius 2 is 1.87 bits per heavy atom. The third-order valence-corrected chi connectivity index (χ3v) is 2.34. The summed E-state index contributed by atoms with van der Waals surface area (Å²) in [6.45, 7) is 5.28. The third kappa shape index (κ3) is 2.53. The van der Waals surface area contributed by atoms with Crippen molar-refractivity contribution in [1.29, 1.82) is 0 Å². The highest BCUT2D eigenvalue weighted by Gasteiger charge is 2.29. The van der Waals surface area contributed by atoms with Crippen LogP contribution in [0.5, 0.6) is 0 Å². The van der Waals surface area contributed by atoms with Crippen molar-refractivity contribution in [3.05, 3.63) is 41.3 Å². The van der Waals surface area contributed by atoms with Gasteiger partial charge in [-0.15, -0.1) is 0 Å². The van der Waals surface area contributed by atoms with E-state index in [1.54, 1.807) is 0 Å². The molecule has 0 atom stereocenters. The van der Waals surface area contributed by atoms with E-state index >= 15 is 0 Å². The molecule has 0 spiro atoms. The molecular weight excluding hydrogens is 198 g/mol. The van der Waals surface area contributed by atoms with E-state index in [2.05, 4.69) is 0 Å². The van der Waals surface area contributed by atoms with Crippen molar-refractivity contribution in [3.63, 3.8) is 0 Å². The maximum absolute atomic E-state index is 13.5. The molecule has 1 N–H and O–H groups in total. The predicted octanol–water partition coefficient (Wildman–Crippen LogP) is 2.93. The second-order valence-electron chi connectivity index (χ2n) is 4.49. The number of rotatable bonds is 2. The highest BCUT2D eigenvalue weighted by Crippen LogP contribution is 2.35. The van der Waals surface area contributed by atoms with Crippen LogP contribution in [-0.2, 0) is 0 Å². The molecule has 0 fully saturated rings. The van der Waals surface area contributed by atoms with Gasteiger partial charge in [-0.1, -0.05) is 32.9 Å². The maximum atomic E-state index is 13.5. The molecule has 0 saturated heterocycles. The highest BCUT2D eigenvalue weighted by atomic mass is 19.2. The average molecular weight is 213 g/mol. The first-order chi connectivity index (χ1) is 6.88. The van der Waals surface area contributed by atoms with Gasteiger partial charge >= 0.3 is 0 Å². The van der Waals surface area contributed by atoms with Crippen LogP contribution in [0.15, 0.2) is 18.2 Å². The summed E-state index contributed by atoms with van der Waals surface area (Å²) < 4.78 is 26.5. The van der Waals surface area contributed by atoms with Gasteiger partial charge in [-0.2, -0.15) is 0 Å². The first kappa shape index (κ1) is 12.1. The summed E-state index contributed by atoms with van der Waals surface area (Å²) in [6, 6.07) is 3.99. The standard InChI is InChI=1S/C12H15F2O/c1-12(2,3)9(7-15)8-5-4-6-10(13)11(8)14/h4-6,15H,7H2,1-3H3. The van der Waals surface area contributed by atoms with Gasteiger partial charge in [-0.05, 0) is 11.5 Å². The van der Waals surface area contributed by atoms with E-state index in [0.29, 0.717) is 5.92 Å². The van der Waals surface area contributed by atoms with E-state index in [-0.39, 0.29) is 17.6 Å². The van der Waals surface area contributed by atoms with Crippen molar-refractivity contribution in [3.8, 4) is 0 Å². The maximum Gasteiger partial charge on any atom is 0.162 e. The van der Waals surface area contributed by atoms with Crippen LogP contribution in [-0.4, -0.2) is 11.7 Å². The van der Waals surface area contributed by atoms with Crippen LogP contribution in [0.2, 0.25) is 0 Å². The minimum absolute atomic E-state index is 0.157. The molecule has 1 radical (unpaired) electrons. The molecule has 0 amide bonds. The highest BCUT2D eigenvalue weighted by molar-refractivity contribution is 5.35. The molecule has 0 saturated carbocycles. The van der Waals surface area contributed by atoms with Crippen molar-refractivity contribution in [1.82, 2.24) is 0 Å². The Hall–Kier alpha value is -0.960. The Kier molecular flexibility index (Phi) is 3.45. The van der Waals surface area contributed by atoms with Gasteiger partial charge in [0.15, 0.2) is 11.6 Å². The molecule has 15 heavy (non-hydrogen) atoms. The lowest BCUT2D eigenvalue weighted by Crippen LogP contribution is -2.24. The smallest absolute Gasteiger partial charge is 0.162 e. The zero-order chi connectivity index (χ0) is 11.6. The molecular formula is C12H15F2O. The molecule has 1 rings (SSSR count). The van der Waals surface area contributed by atoms with Gasteiger partial charge in [0.1, 0.15) is 0 Å². The zero-order valence-corrected chi connectivity index (χ0v) is 9.14. The summed E-state index contributed by atoms with van der Waals surface area (Å²) >= 11 is 0. The second-order valence-corrected chi connectivity index (χ2v) is 4.49. The van der Waals surface area contributed by atoms with E-state index in [1.165, 1.54) is 12.1 Å². The Balaban J connectivity index is 3.19. The lowest BCUT2D eigenvalue weighted by Gasteiger charge is -2.28. The second kappa shape index (κ2) is 4.27. The van der Waals surface area contributed by atoms with Crippen molar-refractivity contribution in [2.45, 2.75) is 20.8 Å². The van der Waals surface area contributed by atoms with E-state index in [9.17, 15) is 13.9 Å². The summed E-state index contributed by atoms with van der Waals surface area (Å²) in [4.78, 5) is 0. The summed E-state index contributed by atoms with van der Waals surface area (Å²) in [6.07, 6.45) is 0. The lowest BCUT2D eigenvalue weighted by molar-refractivity contribution is 0.261. The Morgan fingerprint density at radius 1 is 1.27 bits per heavy atom. The van der Waals surface area contributed by atoms with Gasteiger partial charge < -0.3 is 5.11 Å². The van der Waals surface area contributed by atoms with Gasteiger partial charge in [0, 0.05) is 11.5 Å². The van der Waals surface area contributed by atoms with E-state index in [1.807, 2.05) is 20.8 Å². The Labute approximate surface area is 88.7 Å². The van der Waals surface area contributed by atoms with Gasteiger partial charge in [0.25, 0.3) is 0 Å². The van der Waals surface area contributed by atoms with Gasteiger partial charge in [-0.25, -0.2) is 8.78 Å². The fourth-order valence-corrected chi connectivity index (χ4v) is 1.46. The number of hydrogen-bond acceptors (Lipinski definition) is 1. The van der Waals surface area contributed by atoms with Crippen molar-refractivity contribution in [2.75, 3.05) is 6.61 Å². The van der Waals surface area contributed by atoms with E-state index in [0.717, 1.165) is 6.07 Å². The van der Waals surface area contributed by atoms with Gasteiger partial charge in [-0.3, -0.25) is 0 Å². The van der Waals surface area contributed by atoms with Crippen LogP contribution in [0.25, 0.3) is 0 Å². The van der Waals surface area contributed by atoms with Crippen LogP contribution in [0.3, 0.4) is 0 Å². The molecule has 0 aromatic heterocycles. The number of aliphatic hydroxyl groups excluding tert-OH is 1. The molecule has 3 heteroatoms. The number of hydrogen-bond donors (Lipinski definition) is 1. The molecule has 0 unspecified atom stereocenters. The number of benzene rings is 1. The van der Waals surface area contributed by atoms with Crippen LogP contribution < -0.4 is 0 Å². The molecule has 0 aliphatic rings. The number of halogens is 2. The van der Waals surface area contributed by atoms with Crippen LogP contribution >= 0.6 is 0 Å². The molecule has 0 aliphatic carbocycles. The molecule has 0 aliphatic heterocycles. The van der Waals surface area contributed by atoms with E-state index in [4.69, 9.17) is 0 Å². The topological polar surface area (TPSA) is 20.2 Å². The van der Waals surface area contributed by atoms with Crippen LogP contribution in [0, 0.1) is 23.0 Å². The van der Waals surface area contributed by atoms with Crippen molar-refractivity contribution < 1.29 is 13.9 Å². The largest absolute Gasteiger partial charge is 0.395 e. The summed E-state index contributed by atoms with van der Waals surface area (Å²) in [7, 11) is 0. The van der Waals surface area contributed by atoms with E-state index < -0.39 is 11.6 Å². The quantitative estimate of drug-likeness (QED) is 0.800. The minimum Gasteiger partial charge on any atom is -0.395 e. The molecule has 1 aromatic rings. The minimum atomic E-state index is -0.892. The van der Waals surface area contributed by atoms with Gasteiger partial charge in [0.05, 0.1) is 6.61 Å². The summed E-state index contributed by atoms with van der Waals surface area (Å²) in [5, 5.41) is 9.20. The SMILES string of the molecule is CC(C)(C)[C](CO)c1cccc(F)c1F. The third-order valence-electron chi connectivity index (χ3n) is 2.34. The van der Waals surface area contributed by atoms with Crippen LogP contribution in [0.4, 0.5) is 8.78 Å². The molecule has 83 valence electrons. The molecule has 0 bridgehead atoms. The summed E-state index contributed by atoms with van der Waals surface area (Å²) in [5.74, 6) is -1.28. The monoisotopic (exact) mass is 213 g/mol. The predicted molar refractivity (Wildman–Crippen MR) is 55.2 cm³/mol. The summed E-state index contributed by atoms with van der Waals surface area (Å²) in [5.41, 5.74) is -0.228. The molecule has 1 nitrogen and oxygen atoms in total. The zero-order valence-electron chi connectivity index (χ0n) is 9.14. The fourth-order valence-electron chi connectivity index (χ4n) is 1.46. The average Bonchev–Trinajstić information content (AvgIpc) is 2.11. The Bertz CT molecular complexity index is 342. The molecule has 0 heterocycles. The fraction of sp³-hybridized carbons (Fsp3) is 0.417. The lowest BCUT2D eigenvalue weighted by atomic mass is 9.77. The normalized spacial score (nSPS) is 12.2. The van der Waals surface area contributed by atoms with Gasteiger partial charge in [0.2, 0.25) is 0 Å². The van der Waals surface area contributed by atoms with Crippen LogP contribution in [0.1, 0.15) is 26.3 Å². The van der Waals surface area contributed by atoms with Crippen molar-refractivity contribution in [2.24, 2.45) is 5.41 Å². The van der Waals surface area contributed by atoms with Crippen molar-refractivity contribution >= 4 is 0 Å². The molecule has 1 aromatic carbocycles. The first-order valence-corrected chi connectivity index (χ1v) is 4.79.